The maximum Gasteiger partial charge on any atom is 0.164 e. The molecule has 1 saturated carbocycles. The zero-order valence-electron chi connectivity index (χ0n) is 11.0. The minimum atomic E-state index is -0.983. The fourth-order valence-electron chi connectivity index (χ4n) is 2.42. The molecule has 1 fully saturated rings. The van der Waals surface area contributed by atoms with E-state index in [9.17, 15) is 9.90 Å². The van der Waals surface area contributed by atoms with Gasteiger partial charge in [-0.2, -0.15) is 0 Å². The van der Waals surface area contributed by atoms with Crippen LogP contribution in [0.5, 0.6) is 0 Å². The quantitative estimate of drug-likeness (QED) is 0.780. The SMILES string of the molecule is CC(C)CCCC(=O)C1(O)CCC(C)CC1. The fraction of sp³-hybridized carbons (Fsp3) is 0.929. The first-order valence-corrected chi connectivity index (χ1v) is 6.70. The standard InChI is InChI=1S/C14H26O2/c1-11(2)5-4-6-13(15)14(16)9-7-12(3)8-10-14/h11-12,16H,4-10H2,1-3H3. The van der Waals surface area contributed by atoms with Crippen LogP contribution in [0.1, 0.15) is 65.7 Å². The largest absolute Gasteiger partial charge is 0.382 e. The topological polar surface area (TPSA) is 37.3 Å². The molecule has 0 aromatic carbocycles. The molecule has 0 radical (unpaired) electrons. The lowest BCUT2D eigenvalue weighted by molar-refractivity contribution is -0.141. The number of carbonyl (C=O) groups is 1. The Balaban J connectivity index is 2.35. The minimum Gasteiger partial charge on any atom is -0.382 e. The van der Waals surface area contributed by atoms with Gasteiger partial charge in [0.05, 0.1) is 0 Å². The molecular weight excluding hydrogens is 200 g/mol. The Hall–Kier alpha value is -0.370. The van der Waals surface area contributed by atoms with Crippen LogP contribution in [0.15, 0.2) is 0 Å². The first kappa shape index (κ1) is 13.7. The summed E-state index contributed by atoms with van der Waals surface area (Å²) < 4.78 is 0. The minimum absolute atomic E-state index is 0.0834. The molecule has 0 heterocycles. The molecule has 0 aromatic heterocycles. The third-order valence-corrected chi connectivity index (χ3v) is 3.81. The number of rotatable bonds is 5. The van der Waals surface area contributed by atoms with Crippen molar-refractivity contribution >= 4 is 5.78 Å². The summed E-state index contributed by atoms with van der Waals surface area (Å²) >= 11 is 0. The van der Waals surface area contributed by atoms with Crippen molar-refractivity contribution < 1.29 is 9.90 Å². The summed E-state index contributed by atoms with van der Waals surface area (Å²) in [5, 5.41) is 10.3. The predicted octanol–water partition coefficient (Wildman–Crippen LogP) is 3.32. The summed E-state index contributed by atoms with van der Waals surface area (Å²) in [5.41, 5.74) is -0.983. The molecular formula is C14H26O2. The highest BCUT2D eigenvalue weighted by Crippen LogP contribution is 2.33. The van der Waals surface area contributed by atoms with E-state index in [0.29, 0.717) is 31.1 Å². The van der Waals surface area contributed by atoms with Gasteiger partial charge in [-0.15, -0.1) is 0 Å². The van der Waals surface area contributed by atoms with Gasteiger partial charge in [0.1, 0.15) is 5.60 Å². The second kappa shape index (κ2) is 5.81. The second-order valence-electron chi connectivity index (χ2n) is 5.92. The van der Waals surface area contributed by atoms with Gasteiger partial charge in [-0.05, 0) is 43.9 Å². The molecule has 0 amide bonds. The Bertz CT molecular complexity index is 225. The fourth-order valence-corrected chi connectivity index (χ4v) is 2.42. The van der Waals surface area contributed by atoms with E-state index in [1.165, 1.54) is 0 Å². The van der Waals surface area contributed by atoms with Gasteiger partial charge in [0.2, 0.25) is 0 Å². The van der Waals surface area contributed by atoms with Crippen molar-refractivity contribution in [3.05, 3.63) is 0 Å². The molecule has 0 saturated heterocycles. The van der Waals surface area contributed by atoms with Gasteiger partial charge in [0.15, 0.2) is 5.78 Å². The lowest BCUT2D eigenvalue weighted by atomic mass is 9.76. The zero-order valence-corrected chi connectivity index (χ0v) is 11.0. The van der Waals surface area contributed by atoms with Gasteiger partial charge in [0.25, 0.3) is 0 Å². The lowest BCUT2D eigenvalue weighted by Gasteiger charge is -2.33. The van der Waals surface area contributed by atoms with Crippen LogP contribution < -0.4 is 0 Å². The van der Waals surface area contributed by atoms with Crippen molar-refractivity contribution in [3.63, 3.8) is 0 Å². The van der Waals surface area contributed by atoms with Crippen LogP contribution in [0.25, 0.3) is 0 Å². The summed E-state index contributed by atoms with van der Waals surface area (Å²) in [6, 6.07) is 0. The van der Waals surface area contributed by atoms with Crippen LogP contribution in [0.3, 0.4) is 0 Å². The van der Waals surface area contributed by atoms with Gasteiger partial charge in [-0.3, -0.25) is 4.79 Å². The first-order valence-electron chi connectivity index (χ1n) is 6.70. The van der Waals surface area contributed by atoms with Gasteiger partial charge in [-0.25, -0.2) is 0 Å². The van der Waals surface area contributed by atoms with Gasteiger partial charge in [-0.1, -0.05) is 27.2 Å². The van der Waals surface area contributed by atoms with Crippen LogP contribution in [0.2, 0.25) is 0 Å². The lowest BCUT2D eigenvalue weighted by Crippen LogP contribution is -2.41. The van der Waals surface area contributed by atoms with Crippen LogP contribution >= 0.6 is 0 Å². The van der Waals surface area contributed by atoms with Crippen molar-refractivity contribution in [2.24, 2.45) is 11.8 Å². The number of ketones is 1. The van der Waals surface area contributed by atoms with Crippen LogP contribution in [0, 0.1) is 11.8 Å². The zero-order chi connectivity index (χ0) is 12.2. The average Bonchev–Trinajstić information content (AvgIpc) is 2.22. The number of Topliss-reactive ketones (excluding diaryl/α,β-unsaturated/α-hetero) is 1. The first-order chi connectivity index (χ1) is 7.44. The monoisotopic (exact) mass is 226 g/mol. The third-order valence-electron chi connectivity index (χ3n) is 3.81. The smallest absolute Gasteiger partial charge is 0.164 e. The van der Waals surface area contributed by atoms with E-state index in [-0.39, 0.29) is 5.78 Å². The van der Waals surface area contributed by atoms with Gasteiger partial charge >= 0.3 is 0 Å². The molecule has 16 heavy (non-hydrogen) atoms. The summed E-state index contributed by atoms with van der Waals surface area (Å²) in [6.45, 7) is 6.53. The summed E-state index contributed by atoms with van der Waals surface area (Å²) in [7, 11) is 0. The second-order valence-corrected chi connectivity index (χ2v) is 5.92. The van der Waals surface area contributed by atoms with Crippen LogP contribution in [-0.2, 0) is 4.79 Å². The molecule has 0 bridgehead atoms. The Kier molecular flexibility index (Phi) is 4.97. The maximum absolute atomic E-state index is 12.0. The maximum atomic E-state index is 12.0. The van der Waals surface area contributed by atoms with E-state index in [4.69, 9.17) is 0 Å². The molecule has 0 spiro atoms. The van der Waals surface area contributed by atoms with Crippen molar-refractivity contribution in [3.8, 4) is 0 Å². The summed E-state index contributed by atoms with van der Waals surface area (Å²) in [4.78, 5) is 12.0. The number of aliphatic hydroxyl groups is 1. The predicted molar refractivity (Wildman–Crippen MR) is 66.3 cm³/mol. The molecule has 1 rings (SSSR count). The van der Waals surface area contributed by atoms with Crippen molar-refractivity contribution in [1.82, 2.24) is 0 Å². The number of hydrogen-bond acceptors (Lipinski definition) is 2. The van der Waals surface area contributed by atoms with Crippen LogP contribution in [0.4, 0.5) is 0 Å². The van der Waals surface area contributed by atoms with Crippen molar-refractivity contribution in [1.29, 1.82) is 0 Å². The molecule has 0 aromatic rings. The molecule has 0 atom stereocenters. The number of carbonyl (C=O) groups excluding carboxylic acids is 1. The molecule has 2 heteroatoms. The molecule has 94 valence electrons. The van der Waals surface area contributed by atoms with E-state index in [1.54, 1.807) is 0 Å². The Labute approximate surface area is 99.4 Å². The Morgan fingerprint density at radius 2 is 1.94 bits per heavy atom. The Morgan fingerprint density at radius 3 is 2.44 bits per heavy atom. The highest BCUT2D eigenvalue weighted by Gasteiger charge is 2.37. The normalized spacial score (nSPS) is 30.7. The molecule has 0 aliphatic heterocycles. The van der Waals surface area contributed by atoms with E-state index in [2.05, 4.69) is 20.8 Å². The van der Waals surface area contributed by atoms with E-state index < -0.39 is 5.60 Å². The number of hydrogen-bond donors (Lipinski definition) is 1. The Morgan fingerprint density at radius 1 is 1.38 bits per heavy atom. The third kappa shape index (κ3) is 3.89. The van der Waals surface area contributed by atoms with E-state index in [1.807, 2.05) is 0 Å². The molecule has 1 aliphatic carbocycles. The van der Waals surface area contributed by atoms with Crippen molar-refractivity contribution in [2.45, 2.75) is 71.3 Å². The van der Waals surface area contributed by atoms with Gasteiger partial charge < -0.3 is 5.11 Å². The molecule has 1 aliphatic rings. The average molecular weight is 226 g/mol. The highest BCUT2D eigenvalue weighted by molar-refractivity contribution is 5.87. The van der Waals surface area contributed by atoms with Crippen molar-refractivity contribution in [2.75, 3.05) is 0 Å². The summed E-state index contributed by atoms with van der Waals surface area (Å²) in [6.07, 6.45) is 5.90. The molecule has 2 nitrogen and oxygen atoms in total. The highest BCUT2D eigenvalue weighted by atomic mass is 16.3. The van der Waals surface area contributed by atoms with Crippen LogP contribution in [-0.4, -0.2) is 16.5 Å². The molecule has 1 N–H and O–H groups in total. The van der Waals surface area contributed by atoms with E-state index >= 15 is 0 Å². The molecule has 0 unspecified atom stereocenters. The van der Waals surface area contributed by atoms with Gasteiger partial charge in [0, 0.05) is 6.42 Å². The summed E-state index contributed by atoms with van der Waals surface area (Å²) in [5.74, 6) is 1.40. The van der Waals surface area contributed by atoms with E-state index in [0.717, 1.165) is 25.7 Å².